The van der Waals surface area contributed by atoms with E-state index in [2.05, 4.69) is 72.8 Å². The minimum Gasteiger partial charge on any atom is -0.310 e. The van der Waals surface area contributed by atoms with E-state index in [1.54, 1.807) is 0 Å². The quantitative estimate of drug-likeness (QED) is 0.154. The highest BCUT2D eigenvalue weighted by molar-refractivity contribution is 5.97. The zero-order valence-corrected chi connectivity index (χ0v) is 29.0. The van der Waals surface area contributed by atoms with Gasteiger partial charge in [-0.2, -0.15) is 0 Å². The molecule has 0 saturated carbocycles. The van der Waals surface area contributed by atoms with E-state index in [-0.39, 0.29) is 35.4 Å². The lowest BCUT2D eigenvalue weighted by Crippen LogP contribution is -2.11. The maximum atomic E-state index is 9.59. The van der Waals surface area contributed by atoms with Gasteiger partial charge in [0.1, 0.15) is 0 Å². The Kier molecular flexibility index (Phi) is 7.50. The molecule has 0 aliphatic carbocycles. The van der Waals surface area contributed by atoms with Crippen LogP contribution in [0, 0.1) is 0 Å². The first-order valence-electron chi connectivity index (χ1n) is 19.9. The fourth-order valence-corrected chi connectivity index (χ4v) is 7.09. The van der Waals surface area contributed by atoms with Gasteiger partial charge in [0.15, 0.2) is 0 Å². The van der Waals surface area contributed by atoms with Crippen LogP contribution in [-0.2, 0) is 0 Å². The van der Waals surface area contributed by atoms with Gasteiger partial charge in [-0.1, -0.05) is 188 Å². The van der Waals surface area contributed by atoms with Crippen LogP contribution in [0.15, 0.2) is 224 Å². The lowest BCUT2D eigenvalue weighted by atomic mass is 9.95. The van der Waals surface area contributed by atoms with Gasteiger partial charge in [-0.3, -0.25) is 0 Å². The molecule has 9 aromatic rings. The molecule has 0 fully saturated rings. The molecule has 0 radical (unpaired) electrons. The molecule has 0 atom stereocenters. The van der Waals surface area contributed by atoms with Crippen molar-refractivity contribution in [2.24, 2.45) is 0 Å². The topological polar surface area (TPSA) is 3.24 Å². The lowest BCUT2D eigenvalue weighted by Gasteiger charge is -2.28. The third kappa shape index (κ3) is 6.53. The van der Waals surface area contributed by atoms with Gasteiger partial charge in [0.05, 0.1) is 11.2 Å². The summed E-state index contributed by atoms with van der Waals surface area (Å²) in [5.74, 6) is 0. The molecule has 1 heteroatoms. The van der Waals surface area contributed by atoms with Crippen molar-refractivity contribution in [3.05, 3.63) is 224 Å². The number of benzene rings is 9. The fourth-order valence-electron chi connectivity index (χ4n) is 7.09. The van der Waals surface area contributed by atoms with Crippen molar-refractivity contribution in [3.8, 4) is 55.6 Å². The van der Waals surface area contributed by atoms with Gasteiger partial charge >= 0.3 is 0 Å². The standard InChI is InChI=1S/C52H37N/c1-3-13-38(14-4-1)39-25-27-40(28-26-39)41-29-33-47(34-30-41)53(52-24-10-9-22-51(52)44-15-5-2-6-16-44)48-35-31-42(32-36-48)45-19-11-20-46(37-45)50-23-12-18-43-17-7-8-21-49(43)50/h1-37H/i31D,32D,35D,36D. The van der Waals surface area contributed by atoms with Crippen molar-refractivity contribution in [2.45, 2.75) is 0 Å². The second kappa shape index (κ2) is 14.3. The molecule has 0 saturated heterocycles. The summed E-state index contributed by atoms with van der Waals surface area (Å²) in [5, 5.41) is 2.23. The Hall–Kier alpha value is -6.96. The molecular weight excluding hydrogens is 639 g/mol. The van der Waals surface area contributed by atoms with Crippen LogP contribution in [0.5, 0.6) is 0 Å². The van der Waals surface area contributed by atoms with Crippen molar-refractivity contribution in [1.82, 2.24) is 0 Å². The number of hydrogen-bond donors (Lipinski definition) is 0. The lowest BCUT2D eigenvalue weighted by molar-refractivity contribution is 1.28. The van der Waals surface area contributed by atoms with Crippen LogP contribution in [0.4, 0.5) is 17.1 Å². The summed E-state index contributed by atoms with van der Waals surface area (Å²) in [6.07, 6.45) is 0. The highest BCUT2D eigenvalue weighted by Gasteiger charge is 2.17. The predicted molar refractivity (Wildman–Crippen MR) is 226 cm³/mol. The smallest absolute Gasteiger partial charge is 0.0645 e. The van der Waals surface area contributed by atoms with Crippen molar-refractivity contribution in [3.63, 3.8) is 0 Å². The summed E-state index contributed by atoms with van der Waals surface area (Å²) in [7, 11) is 0. The van der Waals surface area contributed by atoms with Gasteiger partial charge in [0.25, 0.3) is 0 Å². The largest absolute Gasteiger partial charge is 0.310 e. The molecule has 53 heavy (non-hydrogen) atoms. The van der Waals surface area contributed by atoms with Crippen LogP contribution in [0.25, 0.3) is 66.4 Å². The highest BCUT2D eigenvalue weighted by atomic mass is 15.1. The Morgan fingerprint density at radius 3 is 1.51 bits per heavy atom. The minimum atomic E-state index is -0.120. The van der Waals surface area contributed by atoms with Crippen molar-refractivity contribution >= 4 is 27.8 Å². The predicted octanol–water partition coefficient (Wildman–Crippen LogP) is 14.6. The minimum absolute atomic E-state index is 0.0987. The Balaban J connectivity index is 1.17. The van der Waals surface area contributed by atoms with Crippen LogP contribution >= 0.6 is 0 Å². The summed E-state index contributed by atoms with van der Waals surface area (Å²) in [6.45, 7) is 0. The van der Waals surface area contributed by atoms with Gasteiger partial charge in [-0.05, 0) is 97.2 Å². The fraction of sp³-hybridized carbons (Fsp3) is 0. The van der Waals surface area contributed by atoms with Gasteiger partial charge in [0.2, 0.25) is 0 Å². The van der Waals surface area contributed by atoms with Gasteiger partial charge in [-0.25, -0.2) is 0 Å². The first kappa shape index (κ1) is 27.7. The zero-order chi connectivity index (χ0) is 38.9. The number of rotatable bonds is 8. The maximum absolute atomic E-state index is 9.59. The molecular formula is C52H37N. The third-order valence-electron chi connectivity index (χ3n) is 9.77. The number of para-hydroxylation sites is 1. The average Bonchev–Trinajstić information content (AvgIpc) is 3.28. The SMILES string of the molecule is [2H]c1c([2H])c(N(c2ccc(-c3ccc(-c4ccccc4)cc3)cc2)c2ccccc2-c2ccccc2)c([2H])c([2H])c1-c1cccc(-c2cccc3ccccc23)c1. The molecule has 0 N–H and O–H groups in total. The summed E-state index contributed by atoms with van der Waals surface area (Å²) in [5.41, 5.74) is 10.8. The molecule has 0 bridgehead atoms. The van der Waals surface area contributed by atoms with E-state index in [4.69, 9.17) is 0 Å². The summed E-state index contributed by atoms with van der Waals surface area (Å²) in [6, 6.07) is 66.7. The van der Waals surface area contributed by atoms with E-state index in [1.807, 2.05) is 132 Å². The second-order valence-electron chi connectivity index (χ2n) is 13.0. The van der Waals surface area contributed by atoms with Crippen LogP contribution in [-0.4, -0.2) is 0 Å². The van der Waals surface area contributed by atoms with E-state index in [0.717, 1.165) is 66.7 Å². The van der Waals surface area contributed by atoms with E-state index >= 15 is 0 Å². The van der Waals surface area contributed by atoms with E-state index in [1.165, 1.54) is 0 Å². The Labute approximate surface area is 317 Å². The van der Waals surface area contributed by atoms with E-state index in [9.17, 15) is 5.48 Å². The summed E-state index contributed by atoms with van der Waals surface area (Å²) in [4.78, 5) is 1.88. The molecule has 250 valence electrons. The van der Waals surface area contributed by atoms with E-state index < -0.39 is 0 Å². The summed E-state index contributed by atoms with van der Waals surface area (Å²) >= 11 is 0. The number of anilines is 3. The van der Waals surface area contributed by atoms with Crippen LogP contribution in [0.3, 0.4) is 0 Å². The highest BCUT2D eigenvalue weighted by Crippen LogP contribution is 2.42. The number of fused-ring (bicyclic) bond motifs is 1. The van der Waals surface area contributed by atoms with Crippen molar-refractivity contribution in [1.29, 1.82) is 0 Å². The monoisotopic (exact) mass is 679 g/mol. The first-order valence-corrected chi connectivity index (χ1v) is 17.9. The van der Waals surface area contributed by atoms with E-state index in [0.29, 0.717) is 5.56 Å². The summed E-state index contributed by atoms with van der Waals surface area (Å²) < 4.78 is 38.1. The molecule has 0 aliphatic rings. The molecule has 0 amide bonds. The molecule has 0 heterocycles. The Bertz CT molecular complexity index is 2840. The van der Waals surface area contributed by atoms with Crippen molar-refractivity contribution < 1.29 is 5.48 Å². The van der Waals surface area contributed by atoms with Gasteiger partial charge in [-0.15, -0.1) is 0 Å². The zero-order valence-electron chi connectivity index (χ0n) is 33.0. The molecule has 9 aromatic carbocycles. The first-order chi connectivity index (χ1) is 28.0. The molecule has 0 aliphatic heterocycles. The average molecular weight is 680 g/mol. The molecule has 0 unspecified atom stereocenters. The Morgan fingerprint density at radius 2 is 0.792 bits per heavy atom. The molecule has 1 nitrogen and oxygen atoms in total. The van der Waals surface area contributed by atoms with Crippen LogP contribution in [0.2, 0.25) is 0 Å². The molecule has 0 aromatic heterocycles. The number of hydrogen-bond acceptors (Lipinski definition) is 1. The van der Waals surface area contributed by atoms with Gasteiger partial charge in [0, 0.05) is 16.9 Å². The molecule has 0 spiro atoms. The molecule has 9 rings (SSSR count). The van der Waals surface area contributed by atoms with Crippen molar-refractivity contribution in [2.75, 3.05) is 4.90 Å². The third-order valence-corrected chi connectivity index (χ3v) is 9.77. The second-order valence-corrected chi connectivity index (χ2v) is 13.0. The Morgan fingerprint density at radius 1 is 0.302 bits per heavy atom. The van der Waals surface area contributed by atoms with Crippen LogP contribution < -0.4 is 4.90 Å². The maximum Gasteiger partial charge on any atom is 0.0645 e. The normalized spacial score (nSPS) is 12.1. The number of nitrogens with zero attached hydrogens (tertiary/aromatic N) is 1. The van der Waals surface area contributed by atoms with Gasteiger partial charge < -0.3 is 4.90 Å². The van der Waals surface area contributed by atoms with Crippen LogP contribution in [0.1, 0.15) is 5.48 Å².